The minimum Gasteiger partial charge on any atom is -0.289 e. The molecule has 2 aromatic carbocycles. The third kappa shape index (κ3) is 2.45. The van der Waals surface area contributed by atoms with Gasteiger partial charge in [-0.25, -0.2) is 0 Å². The fourth-order valence-electron chi connectivity index (χ4n) is 2.59. The van der Waals surface area contributed by atoms with Gasteiger partial charge in [0.15, 0.2) is 5.78 Å². The number of benzene rings is 2. The van der Waals surface area contributed by atoms with Crippen LogP contribution in [0.25, 0.3) is 0 Å². The molecule has 2 aromatic rings. The van der Waals surface area contributed by atoms with E-state index in [0.717, 1.165) is 26.7 Å². The van der Waals surface area contributed by atoms with Gasteiger partial charge in [0.25, 0.3) is 0 Å². The lowest BCUT2D eigenvalue weighted by Gasteiger charge is -2.18. The molecule has 2 rings (SSSR count). The van der Waals surface area contributed by atoms with E-state index in [-0.39, 0.29) is 5.78 Å². The van der Waals surface area contributed by atoms with Crippen LogP contribution in [-0.4, -0.2) is 5.78 Å². The highest BCUT2D eigenvalue weighted by Gasteiger charge is 2.19. The molecule has 0 saturated heterocycles. The van der Waals surface area contributed by atoms with E-state index >= 15 is 0 Å². The SMILES string of the molecule is Cc1c(C)c(C)c(C(=O)c2ccc(Br)cc2)c(C)c1C. The summed E-state index contributed by atoms with van der Waals surface area (Å²) in [5, 5.41) is 0. The number of hydrogen-bond donors (Lipinski definition) is 0. The number of hydrogen-bond acceptors (Lipinski definition) is 1. The summed E-state index contributed by atoms with van der Waals surface area (Å²) >= 11 is 3.40. The number of rotatable bonds is 2. The number of carbonyl (C=O) groups excluding carboxylic acids is 1. The Hall–Kier alpha value is -1.41. The lowest BCUT2D eigenvalue weighted by atomic mass is 9.86. The van der Waals surface area contributed by atoms with Crippen molar-refractivity contribution in [3.63, 3.8) is 0 Å². The Morgan fingerprint density at radius 3 is 1.60 bits per heavy atom. The van der Waals surface area contributed by atoms with E-state index in [2.05, 4.69) is 36.7 Å². The smallest absolute Gasteiger partial charge is 0.193 e. The van der Waals surface area contributed by atoms with Crippen molar-refractivity contribution in [1.82, 2.24) is 0 Å². The number of carbonyl (C=O) groups is 1. The molecular formula is C18H19BrO. The standard InChI is InChI=1S/C18H19BrO/c1-10-11(2)13(4)17(14(5)12(10)3)18(20)15-6-8-16(19)9-7-15/h6-9H,1-5H3. The Morgan fingerprint density at radius 2 is 1.15 bits per heavy atom. The van der Waals surface area contributed by atoms with Crippen LogP contribution in [0.4, 0.5) is 0 Å². The third-order valence-electron chi connectivity index (χ3n) is 4.33. The molecule has 0 N–H and O–H groups in total. The number of ketones is 1. The van der Waals surface area contributed by atoms with E-state index in [9.17, 15) is 4.79 Å². The monoisotopic (exact) mass is 330 g/mol. The van der Waals surface area contributed by atoms with Gasteiger partial charge in [-0.1, -0.05) is 15.9 Å². The molecule has 0 radical (unpaired) electrons. The van der Waals surface area contributed by atoms with E-state index in [1.807, 2.05) is 38.1 Å². The summed E-state index contributed by atoms with van der Waals surface area (Å²) in [6, 6.07) is 7.56. The first-order chi connectivity index (χ1) is 9.34. The van der Waals surface area contributed by atoms with Gasteiger partial charge < -0.3 is 0 Å². The summed E-state index contributed by atoms with van der Waals surface area (Å²) in [6.45, 7) is 10.4. The minimum absolute atomic E-state index is 0.110. The highest BCUT2D eigenvalue weighted by molar-refractivity contribution is 9.10. The minimum atomic E-state index is 0.110. The van der Waals surface area contributed by atoms with Crippen molar-refractivity contribution in [2.45, 2.75) is 34.6 Å². The summed E-state index contributed by atoms with van der Waals surface area (Å²) in [5.41, 5.74) is 7.50. The summed E-state index contributed by atoms with van der Waals surface area (Å²) in [7, 11) is 0. The second kappa shape index (κ2) is 5.53. The summed E-state index contributed by atoms with van der Waals surface area (Å²) < 4.78 is 0.985. The molecule has 0 fully saturated rings. The van der Waals surface area contributed by atoms with Crippen molar-refractivity contribution in [2.24, 2.45) is 0 Å². The van der Waals surface area contributed by atoms with Crippen LogP contribution in [-0.2, 0) is 0 Å². The zero-order valence-electron chi connectivity index (χ0n) is 12.6. The molecular weight excluding hydrogens is 312 g/mol. The molecule has 0 aliphatic rings. The van der Waals surface area contributed by atoms with Gasteiger partial charge in [-0.05, 0) is 86.7 Å². The first kappa shape index (κ1) is 15.0. The van der Waals surface area contributed by atoms with Crippen molar-refractivity contribution in [3.05, 3.63) is 67.7 Å². The van der Waals surface area contributed by atoms with Gasteiger partial charge in [0.2, 0.25) is 0 Å². The Labute approximate surface area is 129 Å². The second-order valence-corrected chi connectivity index (χ2v) is 6.25. The van der Waals surface area contributed by atoms with Crippen molar-refractivity contribution >= 4 is 21.7 Å². The van der Waals surface area contributed by atoms with Crippen LogP contribution in [0.15, 0.2) is 28.7 Å². The van der Waals surface area contributed by atoms with E-state index in [1.165, 1.54) is 16.7 Å². The average molecular weight is 331 g/mol. The van der Waals surface area contributed by atoms with Crippen molar-refractivity contribution in [3.8, 4) is 0 Å². The molecule has 0 aliphatic carbocycles. The summed E-state index contributed by atoms with van der Waals surface area (Å²) in [4.78, 5) is 12.8. The molecule has 0 aliphatic heterocycles. The molecule has 104 valence electrons. The Bertz CT molecular complexity index is 653. The van der Waals surface area contributed by atoms with Crippen LogP contribution < -0.4 is 0 Å². The molecule has 0 bridgehead atoms. The Morgan fingerprint density at radius 1 is 0.750 bits per heavy atom. The van der Waals surface area contributed by atoms with Crippen LogP contribution in [0.2, 0.25) is 0 Å². The van der Waals surface area contributed by atoms with Gasteiger partial charge in [-0.3, -0.25) is 4.79 Å². The lowest BCUT2D eigenvalue weighted by Crippen LogP contribution is -2.10. The Kier molecular flexibility index (Phi) is 4.14. The predicted octanol–water partition coefficient (Wildman–Crippen LogP) is 5.22. The molecule has 0 atom stereocenters. The molecule has 0 saturated carbocycles. The topological polar surface area (TPSA) is 17.1 Å². The average Bonchev–Trinajstić information content (AvgIpc) is 2.44. The van der Waals surface area contributed by atoms with Gasteiger partial charge in [0, 0.05) is 15.6 Å². The third-order valence-corrected chi connectivity index (χ3v) is 4.86. The van der Waals surface area contributed by atoms with E-state index in [0.29, 0.717) is 0 Å². The van der Waals surface area contributed by atoms with Gasteiger partial charge in [0.05, 0.1) is 0 Å². The van der Waals surface area contributed by atoms with Crippen molar-refractivity contribution in [2.75, 3.05) is 0 Å². The van der Waals surface area contributed by atoms with Crippen LogP contribution in [0, 0.1) is 34.6 Å². The zero-order chi connectivity index (χ0) is 15.0. The molecule has 0 spiro atoms. The van der Waals surface area contributed by atoms with Crippen molar-refractivity contribution in [1.29, 1.82) is 0 Å². The molecule has 1 nitrogen and oxygen atoms in total. The van der Waals surface area contributed by atoms with Gasteiger partial charge in [-0.15, -0.1) is 0 Å². The maximum Gasteiger partial charge on any atom is 0.193 e. The predicted molar refractivity (Wildman–Crippen MR) is 87.7 cm³/mol. The Balaban J connectivity index is 2.64. The summed E-state index contributed by atoms with van der Waals surface area (Å²) in [5.74, 6) is 0.110. The van der Waals surface area contributed by atoms with Crippen LogP contribution >= 0.6 is 15.9 Å². The molecule has 0 aromatic heterocycles. The largest absolute Gasteiger partial charge is 0.289 e. The maximum atomic E-state index is 12.8. The highest BCUT2D eigenvalue weighted by atomic mass is 79.9. The molecule has 0 unspecified atom stereocenters. The van der Waals surface area contributed by atoms with Gasteiger partial charge in [0.1, 0.15) is 0 Å². The molecule has 20 heavy (non-hydrogen) atoms. The van der Waals surface area contributed by atoms with Crippen LogP contribution in [0.3, 0.4) is 0 Å². The van der Waals surface area contributed by atoms with Crippen LogP contribution in [0.5, 0.6) is 0 Å². The van der Waals surface area contributed by atoms with Crippen LogP contribution in [0.1, 0.15) is 43.7 Å². The second-order valence-electron chi connectivity index (χ2n) is 5.34. The van der Waals surface area contributed by atoms with E-state index in [1.54, 1.807) is 0 Å². The molecule has 2 heteroatoms. The fraction of sp³-hybridized carbons (Fsp3) is 0.278. The lowest BCUT2D eigenvalue weighted by molar-refractivity contribution is 0.103. The first-order valence-corrected chi connectivity index (χ1v) is 7.51. The molecule has 0 amide bonds. The molecule has 0 heterocycles. The first-order valence-electron chi connectivity index (χ1n) is 6.71. The van der Waals surface area contributed by atoms with Crippen molar-refractivity contribution < 1.29 is 4.79 Å². The van der Waals surface area contributed by atoms with E-state index < -0.39 is 0 Å². The maximum absolute atomic E-state index is 12.8. The quantitative estimate of drug-likeness (QED) is 0.689. The van der Waals surface area contributed by atoms with Gasteiger partial charge in [-0.2, -0.15) is 0 Å². The zero-order valence-corrected chi connectivity index (χ0v) is 14.2. The summed E-state index contributed by atoms with van der Waals surface area (Å²) in [6.07, 6.45) is 0. The normalized spacial score (nSPS) is 10.7. The fourth-order valence-corrected chi connectivity index (χ4v) is 2.85. The van der Waals surface area contributed by atoms with E-state index in [4.69, 9.17) is 0 Å². The highest BCUT2D eigenvalue weighted by Crippen LogP contribution is 2.28. The van der Waals surface area contributed by atoms with Gasteiger partial charge >= 0.3 is 0 Å². The number of halogens is 1.